The Bertz CT molecular complexity index is 1890. The summed E-state index contributed by atoms with van der Waals surface area (Å²) in [5, 5.41) is 4.97. The van der Waals surface area contributed by atoms with Crippen LogP contribution in [-0.4, -0.2) is 46.6 Å². The number of nitrogens with zero attached hydrogens (tertiary/aromatic N) is 2. The molecule has 2 aliphatic rings. The average Bonchev–Trinajstić information content (AvgIpc) is 4.10. The summed E-state index contributed by atoms with van der Waals surface area (Å²) in [6.07, 6.45) is 8.51. The minimum Gasteiger partial charge on any atom is -0.355 e. The highest BCUT2D eigenvalue weighted by Crippen LogP contribution is 2.44. The van der Waals surface area contributed by atoms with Crippen molar-refractivity contribution in [1.29, 1.82) is 0 Å². The van der Waals surface area contributed by atoms with E-state index in [-0.39, 0.29) is 33.8 Å². The predicted molar refractivity (Wildman–Crippen MR) is 201 cm³/mol. The van der Waals surface area contributed by atoms with Crippen LogP contribution in [0.4, 0.5) is 0 Å². The molecule has 0 unspecified atom stereocenters. The Hall–Kier alpha value is -5.38. The molecule has 6 rings (SSSR count). The van der Waals surface area contributed by atoms with Crippen LogP contribution in [0.3, 0.4) is 0 Å². The monoisotopic (exact) mass is 704 g/mol. The summed E-state index contributed by atoms with van der Waals surface area (Å²) < 4.78 is 2.91. The first-order chi connectivity index (χ1) is 25.1. The minimum atomic E-state index is -0.468. The number of nitrogens with one attached hydrogen (secondary N) is 2. The van der Waals surface area contributed by atoms with Crippen LogP contribution in [0, 0.1) is 23.7 Å². The van der Waals surface area contributed by atoms with E-state index in [1.54, 1.807) is 12.4 Å². The van der Waals surface area contributed by atoms with Crippen molar-refractivity contribution in [2.75, 3.05) is 14.1 Å². The number of carbonyl (C=O) groups is 4. The molecule has 2 aromatic carbocycles. The third-order valence-electron chi connectivity index (χ3n) is 10.2. The van der Waals surface area contributed by atoms with Gasteiger partial charge in [-0.3, -0.25) is 28.8 Å². The predicted octanol–water partition coefficient (Wildman–Crippen LogP) is 5.75. The molecule has 2 N–H and O–H groups in total. The maximum absolute atomic E-state index is 12.7. The van der Waals surface area contributed by atoms with Gasteiger partial charge in [0.05, 0.1) is 13.1 Å². The van der Waals surface area contributed by atoms with Crippen LogP contribution in [0.25, 0.3) is 0 Å². The molecule has 10 heteroatoms. The molecule has 2 aliphatic carbocycles. The zero-order valence-electron chi connectivity index (χ0n) is 30.4. The summed E-state index contributed by atoms with van der Waals surface area (Å²) in [5.74, 6) is 1.19. The van der Waals surface area contributed by atoms with Gasteiger partial charge >= 0.3 is 0 Å². The second kappa shape index (κ2) is 17.2. The number of pyridine rings is 2. The molecular weight excluding hydrogens is 656 g/mol. The van der Waals surface area contributed by atoms with E-state index in [0.29, 0.717) is 60.7 Å². The van der Waals surface area contributed by atoms with E-state index in [2.05, 4.69) is 24.5 Å². The Morgan fingerprint density at radius 3 is 1.27 bits per heavy atom. The van der Waals surface area contributed by atoms with Crippen molar-refractivity contribution in [1.82, 2.24) is 19.8 Å². The molecule has 2 fully saturated rings. The zero-order chi connectivity index (χ0) is 37.4. The van der Waals surface area contributed by atoms with E-state index < -0.39 is 11.8 Å². The van der Waals surface area contributed by atoms with Gasteiger partial charge < -0.3 is 19.8 Å². The van der Waals surface area contributed by atoms with Gasteiger partial charge in [0.1, 0.15) is 11.1 Å². The molecule has 10 nitrogen and oxygen atoms in total. The largest absolute Gasteiger partial charge is 0.355 e. The molecule has 0 spiro atoms. The lowest BCUT2D eigenvalue weighted by molar-refractivity contribution is 0.0948. The number of ketones is 2. The van der Waals surface area contributed by atoms with Gasteiger partial charge in [-0.05, 0) is 59.8 Å². The van der Waals surface area contributed by atoms with Gasteiger partial charge in [0.2, 0.25) is 0 Å². The fourth-order valence-electron chi connectivity index (χ4n) is 6.80. The molecule has 2 aromatic heterocycles. The van der Waals surface area contributed by atoms with Gasteiger partial charge in [-0.15, -0.1) is 0 Å². The number of carbonyl (C=O) groups excluding carboxylic acids is 4. The second-order valence-corrected chi connectivity index (χ2v) is 13.9. The lowest BCUT2D eigenvalue weighted by Gasteiger charge is -2.11. The Morgan fingerprint density at radius 1 is 0.596 bits per heavy atom. The molecule has 0 bridgehead atoms. The van der Waals surface area contributed by atoms with Gasteiger partial charge in [0.25, 0.3) is 22.9 Å². The number of aromatic nitrogens is 2. The first kappa shape index (κ1) is 37.9. The van der Waals surface area contributed by atoms with Gasteiger partial charge in [-0.25, -0.2) is 0 Å². The van der Waals surface area contributed by atoms with E-state index in [1.807, 2.05) is 60.7 Å². The van der Waals surface area contributed by atoms with Crippen LogP contribution < -0.4 is 21.8 Å². The molecule has 272 valence electrons. The number of benzene rings is 2. The molecular formula is C42H48N4O6. The normalized spacial score (nSPS) is 18.4. The highest BCUT2D eigenvalue weighted by atomic mass is 16.2. The maximum Gasteiger partial charge on any atom is 0.263 e. The Balaban J connectivity index is 0.000000201. The number of rotatable bonds is 14. The maximum atomic E-state index is 12.7. The molecule has 0 saturated heterocycles. The quantitative estimate of drug-likeness (QED) is 0.161. The molecule has 2 heterocycles. The van der Waals surface area contributed by atoms with Gasteiger partial charge in [-0.2, -0.15) is 0 Å². The van der Waals surface area contributed by atoms with Crippen molar-refractivity contribution in [3.63, 3.8) is 0 Å². The summed E-state index contributed by atoms with van der Waals surface area (Å²) in [4.78, 5) is 74.9. The summed E-state index contributed by atoms with van der Waals surface area (Å²) in [7, 11) is 2.96. The molecule has 2 amide bonds. The first-order valence-corrected chi connectivity index (χ1v) is 18.1. The van der Waals surface area contributed by atoms with Crippen LogP contribution in [0.15, 0.2) is 94.8 Å². The minimum absolute atomic E-state index is 0.00193. The van der Waals surface area contributed by atoms with E-state index in [1.165, 1.54) is 35.4 Å². The third-order valence-corrected chi connectivity index (χ3v) is 10.2. The number of hydrogen-bond donors (Lipinski definition) is 2. The van der Waals surface area contributed by atoms with Crippen molar-refractivity contribution >= 4 is 23.4 Å². The molecule has 52 heavy (non-hydrogen) atoms. The van der Waals surface area contributed by atoms with E-state index >= 15 is 0 Å². The van der Waals surface area contributed by atoms with Gasteiger partial charge in [0, 0.05) is 50.5 Å². The summed E-state index contributed by atoms with van der Waals surface area (Å²) in [5.41, 5.74) is 1.99. The smallest absolute Gasteiger partial charge is 0.263 e. The average molecular weight is 705 g/mol. The van der Waals surface area contributed by atoms with E-state index in [9.17, 15) is 28.8 Å². The van der Waals surface area contributed by atoms with E-state index in [4.69, 9.17) is 0 Å². The van der Waals surface area contributed by atoms with Crippen molar-refractivity contribution in [3.8, 4) is 0 Å². The summed E-state index contributed by atoms with van der Waals surface area (Å²) >= 11 is 0. The van der Waals surface area contributed by atoms with Crippen molar-refractivity contribution in [2.24, 2.45) is 23.7 Å². The van der Waals surface area contributed by atoms with E-state index in [0.717, 1.165) is 36.8 Å². The van der Waals surface area contributed by atoms with Gasteiger partial charge in [-0.1, -0.05) is 87.4 Å². The highest BCUT2D eigenvalue weighted by molar-refractivity contribution is 6.01. The fourth-order valence-corrected chi connectivity index (χ4v) is 6.80. The van der Waals surface area contributed by atoms with Crippen molar-refractivity contribution in [3.05, 3.63) is 139 Å². The molecule has 4 aromatic rings. The topological polar surface area (TPSA) is 136 Å². The SMILES string of the molecule is CC[C@@H]1C[C@H]1CC(=O)c1cc(C(=O)NC)c(=O)n(Cc2ccccc2)c1.CC[C@H]1C[C@@H]1CC(=O)c1cc(C(=O)NC)c(=O)n(Cc2ccccc2)c1. The lowest BCUT2D eigenvalue weighted by atomic mass is 10.0. The Morgan fingerprint density at radius 2 is 0.962 bits per heavy atom. The Labute approximate surface area is 304 Å². The molecule has 0 aliphatic heterocycles. The van der Waals surface area contributed by atoms with Crippen LogP contribution in [0.1, 0.15) is 105 Å². The number of amides is 2. The van der Waals surface area contributed by atoms with Crippen LogP contribution in [0.5, 0.6) is 0 Å². The Kier molecular flexibility index (Phi) is 12.5. The molecule has 2 saturated carbocycles. The van der Waals surface area contributed by atoms with Crippen molar-refractivity contribution in [2.45, 2.75) is 65.5 Å². The van der Waals surface area contributed by atoms with Crippen molar-refractivity contribution < 1.29 is 19.2 Å². The molecule has 4 atom stereocenters. The highest BCUT2D eigenvalue weighted by Gasteiger charge is 2.38. The van der Waals surface area contributed by atoms with Gasteiger partial charge in [0.15, 0.2) is 11.6 Å². The lowest BCUT2D eigenvalue weighted by Crippen LogP contribution is -2.32. The van der Waals surface area contributed by atoms with Crippen LogP contribution in [-0.2, 0) is 13.1 Å². The summed E-state index contributed by atoms with van der Waals surface area (Å²) in [6.45, 7) is 4.93. The number of Topliss-reactive ketones (excluding diaryl/α,β-unsaturated/α-hetero) is 2. The zero-order valence-corrected chi connectivity index (χ0v) is 30.4. The molecule has 0 radical (unpaired) electrons. The first-order valence-electron chi connectivity index (χ1n) is 18.1. The fraction of sp³-hybridized carbons (Fsp3) is 0.381. The van der Waals surface area contributed by atoms with Crippen LogP contribution in [0.2, 0.25) is 0 Å². The standard InChI is InChI=1S/2C21H24N2O3/c2*1-3-15-9-16(15)11-19(24)17-10-18(20(25)22-2)21(26)23(13-17)12-14-7-5-4-6-8-14/h2*4-8,10,13,15-16H,3,9,11-12H2,1-2H3,(H,22,25)/t2*15-,16+/m10/s1. The third kappa shape index (κ3) is 9.48. The number of hydrogen-bond acceptors (Lipinski definition) is 6. The second-order valence-electron chi connectivity index (χ2n) is 13.9. The summed E-state index contributed by atoms with van der Waals surface area (Å²) in [6, 6.07) is 21.9. The van der Waals surface area contributed by atoms with Crippen LogP contribution >= 0.6 is 0 Å².